The quantitative estimate of drug-likeness (QED) is 0.570. The van der Waals surface area contributed by atoms with Gasteiger partial charge in [-0.05, 0) is 49.4 Å². The molecule has 6 aliphatic carbocycles. The molecule has 1 aliphatic heterocycles. The molecule has 8 atom stereocenters. The third-order valence-electron chi connectivity index (χ3n) is 8.03. The van der Waals surface area contributed by atoms with Crippen LogP contribution in [0.1, 0.15) is 25.7 Å². The zero-order chi connectivity index (χ0) is 15.7. The largest absolute Gasteiger partial charge is 0.466 e. The van der Waals surface area contributed by atoms with E-state index in [0.29, 0.717) is 23.0 Å². The van der Waals surface area contributed by atoms with Crippen molar-refractivity contribution in [3.05, 3.63) is 11.1 Å². The molecule has 0 radical (unpaired) electrons. The summed E-state index contributed by atoms with van der Waals surface area (Å²) in [5, 5.41) is 0. The minimum atomic E-state index is -0.370. The van der Waals surface area contributed by atoms with Crippen molar-refractivity contribution in [3.63, 3.8) is 0 Å². The smallest absolute Gasteiger partial charge is 0.334 e. The Kier molecular flexibility index (Phi) is 1.98. The van der Waals surface area contributed by atoms with Gasteiger partial charge in [0.15, 0.2) is 0 Å². The van der Waals surface area contributed by atoms with E-state index >= 15 is 0 Å². The summed E-state index contributed by atoms with van der Waals surface area (Å²) in [6.07, 6.45) is 4.63. The van der Waals surface area contributed by atoms with Crippen LogP contribution in [0, 0.1) is 35.5 Å². The molecule has 5 heteroatoms. The predicted octanol–water partition coefficient (Wildman–Crippen LogP) is 1.46. The molecule has 0 spiro atoms. The van der Waals surface area contributed by atoms with Crippen molar-refractivity contribution < 1.29 is 23.8 Å². The molecule has 0 N–H and O–H groups in total. The fraction of sp³-hybridized carbons (Fsp3) is 0.778. The van der Waals surface area contributed by atoms with Crippen molar-refractivity contribution >= 4 is 11.9 Å². The molecule has 122 valence electrons. The first kappa shape index (κ1) is 13.0. The number of epoxide rings is 1. The Balaban J connectivity index is 1.55. The molecule has 23 heavy (non-hydrogen) atoms. The number of rotatable bonds is 2. The van der Waals surface area contributed by atoms with E-state index in [1.807, 2.05) is 0 Å². The lowest BCUT2D eigenvalue weighted by atomic mass is 9.54. The van der Waals surface area contributed by atoms with Crippen LogP contribution < -0.4 is 0 Å². The highest BCUT2D eigenvalue weighted by Gasteiger charge is 2.94. The summed E-state index contributed by atoms with van der Waals surface area (Å²) < 4.78 is 16.6. The van der Waals surface area contributed by atoms with E-state index in [1.54, 1.807) is 0 Å². The summed E-state index contributed by atoms with van der Waals surface area (Å²) in [6, 6.07) is 0. The van der Waals surface area contributed by atoms with Crippen LogP contribution in [0.3, 0.4) is 0 Å². The van der Waals surface area contributed by atoms with Gasteiger partial charge in [-0.1, -0.05) is 0 Å². The second-order valence-corrected chi connectivity index (χ2v) is 8.19. The average Bonchev–Trinajstić information content (AvgIpc) is 3.46. The van der Waals surface area contributed by atoms with Gasteiger partial charge in [-0.25, -0.2) is 9.59 Å². The van der Waals surface area contributed by atoms with Crippen LogP contribution in [0.2, 0.25) is 0 Å². The van der Waals surface area contributed by atoms with E-state index in [-0.39, 0.29) is 35.0 Å². The number of carbonyl (C=O) groups excluding carboxylic acids is 2. The van der Waals surface area contributed by atoms with Gasteiger partial charge in [-0.3, -0.25) is 0 Å². The molecule has 5 nitrogen and oxygen atoms in total. The summed E-state index contributed by atoms with van der Waals surface area (Å²) in [5.41, 5.74) is 0.780. The zero-order valence-electron chi connectivity index (χ0n) is 13.3. The van der Waals surface area contributed by atoms with Gasteiger partial charge in [-0.15, -0.1) is 0 Å². The van der Waals surface area contributed by atoms with Gasteiger partial charge in [-0.2, -0.15) is 0 Å². The van der Waals surface area contributed by atoms with Crippen molar-refractivity contribution in [1.82, 2.24) is 0 Å². The van der Waals surface area contributed by atoms with Crippen molar-refractivity contribution in [2.24, 2.45) is 35.5 Å². The van der Waals surface area contributed by atoms with Crippen molar-refractivity contribution in [1.29, 1.82) is 0 Å². The highest BCUT2D eigenvalue weighted by atomic mass is 16.6. The number of ether oxygens (including phenoxy) is 3. The van der Waals surface area contributed by atoms with Gasteiger partial charge in [0.1, 0.15) is 11.2 Å². The van der Waals surface area contributed by atoms with Crippen LogP contribution >= 0.6 is 0 Å². The molecule has 0 aromatic rings. The summed E-state index contributed by atoms with van der Waals surface area (Å²) in [5.74, 6) is 2.06. The van der Waals surface area contributed by atoms with Crippen molar-refractivity contribution in [2.45, 2.75) is 36.9 Å². The summed E-state index contributed by atoms with van der Waals surface area (Å²) >= 11 is 0. The van der Waals surface area contributed by atoms with Crippen LogP contribution in [0.4, 0.5) is 0 Å². The van der Waals surface area contributed by atoms with Gasteiger partial charge in [0.2, 0.25) is 0 Å². The second kappa shape index (κ2) is 3.51. The number of fused-ring (bicyclic) bond motifs is 3. The topological polar surface area (TPSA) is 65.1 Å². The first-order valence-corrected chi connectivity index (χ1v) is 8.72. The molecule has 8 unspecified atom stereocenters. The van der Waals surface area contributed by atoms with Gasteiger partial charge in [0.25, 0.3) is 0 Å². The van der Waals surface area contributed by atoms with Gasteiger partial charge in [0, 0.05) is 11.8 Å². The Morgan fingerprint density at radius 2 is 1.39 bits per heavy atom. The van der Waals surface area contributed by atoms with Crippen LogP contribution in [-0.2, 0) is 23.8 Å². The van der Waals surface area contributed by atoms with E-state index in [2.05, 4.69) is 0 Å². The first-order chi connectivity index (χ1) is 11.1. The summed E-state index contributed by atoms with van der Waals surface area (Å²) in [6.45, 7) is 0. The lowest BCUT2D eigenvalue weighted by Gasteiger charge is -2.45. The number of hydrogen-bond acceptors (Lipinski definition) is 5. The predicted molar refractivity (Wildman–Crippen MR) is 77.0 cm³/mol. The van der Waals surface area contributed by atoms with Crippen molar-refractivity contribution in [2.75, 3.05) is 14.2 Å². The Hall–Kier alpha value is -1.36. The first-order valence-electron chi connectivity index (χ1n) is 8.72. The standard InChI is InChI=1S/C18H20O5/c1-21-15(19)13-11-6-12(14(13)16(20)22-2)18-10-4-3-9(7-5-8(7)10)17(11,18)23-18/h7-12H,3-6H2,1-2H3. The Labute approximate surface area is 134 Å². The number of esters is 2. The van der Waals surface area contributed by atoms with Gasteiger partial charge < -0.3 is 14.2 Å². The molecule has 1 saturated heterocycles. The van der Waals surface area contributed by atoms with E-state index in [9.17, 15) is 9.59 Å². The molecule has 6 fully saturated rings. The minimum Gasteiger partial charge on any atom is -0.466 e. The Morgan fingerprint density at radius 1 is 0.913 bits per heavy atom. The normalized spacial score (nSPS) is 55.9. The van der Waals surface area contributed by atoms with E-state index in [4.69, 9.17) is 14.2 Å². The molecule has 7 rings (SSSR count). The van der Waals surface area contributed by atoms with Crippen LogP contribution in [-0.4, -0.2) is 37.4 Å². The molecular weight excluding hydrogens is 296 g/mol. The number of hydrogen-bond donors (Lipinski definition) is 0. The van der Waals surface area contributed by atoms with E-state index in [1.165, 1.54) is 33.5 Å². The molecule has 4 bridgehead atoms. The highest BCUT2D eigenvalue weighted by molar-refractivity contribution is 6.03. The van der Waals surface area contributed by atoms with Gasteiger partial charge in [0.05, 0.1) is 25.4 Å². The molecular formula is C18H20O5. The fourth-order valence-corrected chi connectivity index (χ4v) is 7.55. The molecule has 5 saturated carbocycles. The fourth-order valence-electron chi connectivity index (χ4n) is 7.55. The minimum absolute atomic E-state index is 0.0309. The Bertz CT molecular complexity index is 654. The molecule has 0 aromatic carbocycles. The van der Waals surface area contributed by atoms with Crippen molar-refractivity contribution in [3.8, 4) is 0 Å². The maximum absolute atomic E-state index is 12.4. The monoisotopic (exact) mass is 316 g/mol. The SMILES string of the molecule is COC(=O)C1=C(C(=O)OC)C2CC1C13OC21C1CCC3C2CC21. The summed E-state index contributed by atoms with van der Waals surface area (Å²) in [7, 11) is 2.78. The molecule has 0 aromatic heterocycles. The van der Waals surface area contributed by atoms with Crippen LogP contribution in [0.25, 0.3) is 0 Å². The highest BCUT2D eigenvalue weighted by Crippen LogP contribution is 2.87. The molecule has 1 heterocycles. The molecule has 7 aliphatic rings. The maximum atomic E-state index is 12.4. The number of methoxy groups -OCH3 is 2. The van der Waals surface area contributed by atoms with E-state index < -0.39 is 0 Å². The van der Waals surface area contributed by atoms with Crippen LogP contribution in [0.5, 0.6) is 0 Å². The maximum Gasteiger partial charge on any atom is 0.334 e. The summed E-state index contributed by atoms with van der Waals surface area (Å²) in [4.78, 5) is 24.8. The Morgan fingerprint density at radius 3 is 1.83 bits per heavy atom. The average molecular weight is 316 g/mol. The lowest BCUT2D eigenvalue weighted by molar-refractivity contribution is -0.140. The zero-order valence-corrected chi connectivity index (χ0v) is 13.3. The second-order valence-electron chi connectivity index (χ2n) is 8.19. The van der Waals surface area contributed by atoms with Gasteiger partial charge >= 0.3 is 11.9 Å². The lowest BCUT2D eigenvalue weighted by Crippen LogP contribution is -2.54. The third-order valence-corrected chi connectivity index (χ3v) is 8.03. The third kappa shape index (κ3) is 1.05. The van der Waals surface area contributed by atoms with E-state index in [0.717, 1.165) is 18.3 Å². The number of carbonyl (C=O) groups is 2. The molecule has 0 amide bonds. The van der Waals surface area contributed by atoms with Crippen LogP contribution in [0.15, 0.2) is 11.1 Å².